The zero-order valence-electron chi connectivity index (χ0n) is 13.8. The first-order valence-corrected chi connectivity index (χ1v) is 10.00. The van der Waals surface area contributed by atoms with Crippen LogP contribution >= 0.6 is 11.6 Å². The first-order valence-electron chi connectivity index (χ1n) is 7.97. The average molecular weight is 390 g/mol. The largest absolute Gasteiger partial charge is 0.462 e. The molecule has 2 aromatic carbocycles. The summed E-state index contributed by atoms with van der Waals surface area (Å²) in [6.45, 7) is 0.0296. The van der Waals surface area contributed by atoms with Gasteiger partial charge in [0.15, 0.2) is 9.84 Å². The van der Waals surface area contributed by atoms with Crippen LogP contribution in [-0.2, 0) is 14.6 Å². The van der Waals surface area contributed by atoms with Gasteiger partial charge in [0.25, 0.3) is 0 Å². The number of nitrogens with zero attached hydrogens (tertiary/aromatic N) is 1. The van der Waals surface area contributed by atoms with Gasteiger partial charge in [-0.2, -0.15) is 0 Å². The van der Waals surface area contributed by atoms with Crippen LogP contribution in [0, 0.1) is 0 Å². The number of pyridine rings is 1. The number of rotatable bonds is 6. The maximum atomic E-state index is 12.2. The fourth-order valence-electron chi connectivity index (χ4n) is 2.47. The first-order chi connectivity index (χ1) is 12.5. The van der Waals surface area contributed by atoms with Gasteiger partial charge in [-0.15, -0.1) is 0 Å². The van der Waals surface area contributed by atoms with E-state index in [9.17, 15) is 13.2 Å². The molecule has 0 fully saturated rings. The highest BCUT2D eigenvalue weighted by Crippen LogP contribution is 2.18. The predicted molar refractivity (Wildman–Crippen MR) is 100 cm³/mol. The second-order valence-electron chi connectivity index (χ2n) is 5.66. The zero-order valence-corrected chi connectivity index (χ0v) is 15.3. The Labute approximate surface area is 156 Å². The summed E-state index contributed by atoms with van der Waals surface area (Å²) in [7, 11) is -3.37. The van der Waals surface area contributed by atoms with Crippen molar-refractivity contribution >= 4 is 38.3 Å². The lowest BCUT2D eigenvalue weighted by Gasteiger charge is -2.07. The Kier molecular flexibility index (Phi) is 5.54. The van der Waals surface area contributed by atoms with Gasteiger partial charge in [0.1, 0.15) is 5.15 Å². The second kappa shape index (κ2) is 7.85. The lowest BCUT2D eigenvalue weighted by atomic mass is 10.1. The van der Waals surface area contributed by atoms with Crippen LogP contribution in [0.15, 0.2) is 65.6 Å². The van der Waals surface area contributed by atoms with Crippen LogP contribution in [-0.4, -0.2) is 31.7 Å². The monoisotopic (exact) mass is 389 g/mol. The highest BCUT2D eigenvalue weighted by atomic mass is 35.5. The lowest BCUT2D eigenvalue weighted by molar-refractivity contribution is 0.0506. The van der Waals surface area contributed by atoms with Gasteiger partial charge in [-0.3, -0.25) is 0 Å². The quantitative estimate of drug-likeness (QED) is 0.363. The Morgan fingerprint density at radius 3 is 2.58 bits per heavy atom. The van der Waals surface area contributed by atoms with Crippen molar-refractivity contribution in [2.45, 2.75) is 11.3 Å². The summed E-state index contributed by atoms with van der Waals surface area (Å²) >= 11 is 5.83. The molecule has 0 saturated heterocycles. The van der Waals surface area contributed by atoms with E-state index in [-0.39, 0.29) is 23.7 Å². The normalized spacial score (nSPS) is 11.4. The van der Waals surface area contributed by atoms with Crippen LogP contribution in [0.4, 0.5) is 0 Å². The third-order valence-corrected chi connectivity index (χ3v) is 5.81. The van der Waals surface area contributed by atoms with E-state index in [0.29, 0.717) is 16.2 Å². The molecule has 0 bridgehead atoms. The number of sulfone groups is 1. The lowest BCUT2D eigenvalue weighted by Crippen LogP contribution is -2.12. The molecule has 0 saturated carbocycles. The molecule has 0 aliphatic rings. The maximum Gasteiger partial charge on any atom is 0.338 e. The van der Waals surface area contributed by atoms with Crippen molar-refractivity contribution < 1.29 is 17.9 Å². The highest BCUT2D eigenvalue weighted by molar-refractivity contribution is 7.91. The SMILES string of the molecule is O=C(OCCCS(=O)(=O)c1ccccc1)c1ccc2nc(Cl)ccc2c1. The van der Waals surface area contributed by atoms with E-state index in [0.717, 1.165) is 5.39 Å². The summed E-state index contributed by atoms with van der Waals surface area (Å²) in [6, 6.07) is 16.6. The Hall–Kier alpha value is -2.44. The van der Waals surface area contributed by atoms with Gasteiger partial charge < -0.3 is 4.74 Å². The molecule has 1 heterocycles. The number of carbonyl (C=O) groups is 1. The number of ether oxygens (including phenoxy) is 1. The van der Waals surface area contributed by atoms with E-state index in [1.165, 1.54) is 0 Å². The number of fused-ring (bicyclic) bond motifs is 1. The molecular formula is C19H16ClNO4S. The van der Waals surface area contributed by atoms with Crippen molar-refractivity contribution in [3.63, 3.8) is 0 Å². The summed E-state index contributed by atoms with van der Waals surface area (Å²) in [5.74, 6) is -0.580. The van der Waals surface area contributed by atoms with Gasteiger partial charge in [-0.1, -0.05) is 29.8 Å². The van der Waals surface area contributed by atoms with Gasteiger partial charge in [-0.05, 0) is 48.9 Å². The molecule has 5 nitrogen and oxygen atoms in total. The molecule has 0 unspecified atom stereocenters. The molecule has 0 aliphatic heterocycles. The average Bonchev–Trinajstić information content (AvgIpc) is 2.65. The minimum atomic E-state index is -3.37. The number of esters is 1. The number of aromatic nitrogens is 1. The Balaban J connectivity index is 1.57. The van der Waals surface area contributed by atoms with E-state index in [1.807, 2.05) is 0 Å². The topological polar surface area (TPSA) is 73.3 Å². The fraction of sp³-hybridized carbons (Fsp3) is 0.158. The molecule has 7 heteroatoms. The fourth-order valence-corrected chi connectivity index (χ4v) is 3.93. The number of halogens is 1. The van der Waals surface area contributed by atoms with Gasteiger partial charge in [0.05, 0.1) is 28.3 Å². The molecule has 0 aliphatic carbocycles. The number of carbonyl (C=O) groups excluding carboxylic acids is 1. The van der Waals surface area contributed by atoms with Crippen LogP contribution < -0.4 is 0 Å². The van der Waals surface area contributed by atoms with Crippen molar-refractivity contribution in [3.05, 3.63) is 71.4 Å². The van der Waals surface area contributed by atoms with Crippen LogP contribution in [0.1, 0.15) is 16.8 Å². The van der Waals surface area contributed by atoms with E-state index in [4.69, 9.17) is 16.3 Å². The van der Waals surface area contributed by atoms with Crippen LogP contribution in [0.25, 0.3) is 10.9 Å². The highest BCUT2D eigenvalue weighted by Gasteiger charge is 2.14. The minimum absolute atomic E-state index is 0.0296. The van der Waals surface area contributed by atoms with E-state index < -0.39 is 15.8 Å². The standard InChI is InChI=1S/C19H16ClNO4S/c20-18-10-8-14-13-15(7-9-17(14)21-18)19(22)25-11-4-12-26(23,24)16-5-2-1-3-6-16/h1-3,5-10,13H,4,11-12H2. The molecule has 1 aromatic heterocycles. The summed E-state index contributed by atoms with van der Waals surface area (Å²) < 4.78 is 29.5. The molecule has 26 heavy (non-hydrogen) atoms. The molecule has 0 spiro atoms. The third kappa shape index (κ3) is 4.39. The smallest absolute Gasteiger partial charge is 0.338 e. The molecule has 0 atom stereocenters. The molecule has 3 aromatic rings. The molecule has 0 radical (unpaired) electrons. The summed E-state index contributed by atoms with van der Waals surface area (Å²) in [4.78, 5) is 16.6. The predicted octanol–water partition coefficient (Wildman–Crippen LogP) is 3.91. The van der Waals surface area contributed by atoms with Crippen LogP contribution in [0.3, 0.4) is 0 Å². The molecule has 0 N–H and O–H groups in total. The summed E-state index contributed by atoms with van der Waals surface area (Å²) in [5.41, 5.74) is 1.07. The maximum absolute atomic E-state index is 12.2. The number of benzene rings is 2. The summed E-state index contributed by atoms with van der Waals surface area (Å²) in [6.07, 6.45) is 0.230. The van der Waals surface area contributed by atoms with Crippen LogP contribution in [0.2, 0.25) is 5.15 Å². The Morgan fingerprint density at radius 1 is 1.04 bits per heavy atom. The van der Waals surface area contributed by atoms with Crippen molar-refractivity contribution in [1.82, 2.24) is 4.98 Å². The molecule has 134 valence electrons. The van der Waals surface area contributed by atoms with E-state index in [1.54, 1.807) is 60.7 Å². The number of hydrogen-bond acceptors (Lipinski definition) is 5. The van der Waals surface area contributed by atoms with Gasteiger partial charge in [0, 0.05) is 5.39 Å². The second-order valence-corrected chi connectivity index (χ2v) is 8.16. The Bertz CT molecular complexity index is 1040. The molecule has 3 rings (SSSR count). The van der Waals surface area contributed by atoms with Crippen molar-refractivity contribution in [2.75, 3.05) is 12.4 Å². The number of hydrogen-bond donors (Lipinski definition) is 0. The molecule has 0 amide bonds. The van der Waals surface area contributed by atoms with Crippen LogP contribution in [0.5, 0.6) is 0 Å². The third-order valence-electron chi connectivity index (χ3n) is 3.78. The van der Waals surface area contributed by atoms with Crippen molar-refractivity contribution in [2.24, 2.45) is 0 Å². The first kappa shape index (κ1) is 18.4. The minimum Gasteiger partial charge on any atom is -0.462 e. The van der Waals surface area contributed by atoms with Gasteiger partial charge >= 0.3 is 5.97 Å². The Morgan fingerprint density at radius 2 is 1.81 bits per heavy atom. The van der Waals surface area contributed by atoms with E-state index >= 15 is 0 Å². The van der Waals surface area contributed by atoms with Gasteiger partial charge in [-0.25, -0.2) is 18.2 Å². The van der Waals surface area contributed by atoms with Crippen molar-refractivity contribution in [3.8, 4) is 0 Å². The van der Waals surface area contributed by atoms with Gasteiger partial charge in [0.2, 0.25) is 0 Å². The van der Waals surface area contributed by atoms with Crippen molar-refractivity contribution in [1.29, 1.82) is 0 Å². The summed E-state index contributed by atoms with van der Waals surface area (Å²) in [5, 5.41) is 1.16. The zero-order chi connectivity index (χ0) is 18.6. The van der Waals surface area contributed by atoms with E-state index in [2.05, 4.69) is 4.98 Å². The molecular weight excluding hydrogens is 374 g/mol.